The molecule has 4 aromatic carbocycles. The zero-order valence-corrected chi connectivity index (χ0v) is 31.3. The van der Waals surface area contributed by atoms with E-state index in [0.717, 1.165) is 30.4 Å². The molecule has 0 spiro atoms. The van der Waals surface area contributed by atoms with Crippen molar-refractivity contribution in [1.29, 1.82) is 0 Å². The van der Waals surface area contributed by atoms with Gasteiger partial charge in [-0.15, -0.1) is 12.3 Å². The molecule has 14 heteroatoms. The topological polar surface area (TPSA) is 101 Å². The van der Waals surface area contributed by atoms with E-state index < -0.39 is 35.1 Å². The highest BCUT2D eigenvalue weighted by Crippen LogP contribution is 2.30. The van der Waals surface area contributed by atoms with Crippen LogP contribution >= 0.6 is 45.2 Å². The standard InChI is InChI=1S/C18H17F2IN2O2.C18H15F2IN2O2/c2*1-3-4-9-25-23-18(24)13-6-7-14(19)16(20)17(13)22-15-8-5-12(21)10-11(15)2/h3-8,10,22H,9H2,1-2H3,(H,23,24);1,5-8,10,22H,4,9H2,2H3,(H,23,24). The van der Waals surface area contributed by atoms with Gasteiger partial charge in [0.2, 0.25) is 0 Å². The summed E-state index contributed by atoms with van der Waals surface area (Å²) in [7, 11) is 0. The van der Waals surface area contributed by atoms with Crippen molar-refractivity contribution in [2.75, 3.05) is 23.8 Å². The first-order valence-corrected chi connectivity index (χ1v) is 16.9. The molecule has 0 fully saturated rings. The predicted octanol–water partition coefficient (Wildman–Crippen LogP) is 9.17. The molecule has 0 atom stereocenters. The van der Waals surface area contributed by atoms with Crippen molar-refractivity contribution >= 4 is 79.7 Å². The Kier molecular flexibility index (Phi) is 16.0. The first-order chi connectivity index (χ1) is 23.9. The molecule has 0 unspecified atom stereocenters. The molecule has 4 rings (SSSR count). The fourth-order valence-electron chi connectivity index (χ4n) is 4.12. The van der Waals surface area contributed by atoms with E-state index in [0.29, 0.717) is 17.8 Å². The van der Waals surface area contributed by atoms with Crippen LogP contribution in [0.25, 0.3) is 0 Å². The SMILES string of the molecule is C#CCCONC(=O)c1ccc(F)c(F)c1Nc1ccc(I)cc1C.CC=CCONC(=O)c1ccc(F)c(F)c1Nc1ccc(I)cc1C. The fraction of sp³-hybridized carbons (Fsp3) is 0.167. The molecule has 0 aromatic heterocycles. The van der Waals surface area contributed by atoms with Crippen molar-refractivity contribution in [3.63, 3.8) is 0 Å². The highest BCUT2D eigenvalue weighted by Gasteiger charge is 2.21. The summed E-state index contributed by atoms with van der Waals surface area (Å²) >= 11 is 4.30. The Morgan fingerprint density at radius 3 is 1.64 bits per heavy atom. The monoisotopic (exact) mass is 914 g/mol. The summed E-state index contributed by atoms with van der Waals surface area (Å²) < 4.78 is 57.9. The minimum absolute atomic E-state index is 0.0580. The van der Waals surface area contributed by atoms with Gasteiger partial charge in [-0.05, 0) is 138 Å². The van der Waals surface area contributed by atoms with Gasteiger partial charge in [0.25, 0.3) is 11.8 Å². The summed E-state index contributed by atoms with van der Waals surface area (Å²) in [5, 5.41) is 5.60. The average Bonchev–Trinajstić information content (AvgIpc) is 3.08. The van der Waals surface area contributed by atoms with Crippen molar-refractivity contribution in [1.82, 2.24) is 11.0 Å². The first kappa shape index (κ1) is 40.3. The number of terminal acetylenes is 1. The van der Waals surface area contributed by atoms with Crippen LogP contribution in [-0.2, 0) is 9.68 Å². The Balaban J connectivity index is 0.000000270. The van der Waals surface area contributed by atoms with Gasteiger partial charge < -0.3 is 10.6 Å². The van der Waals surface area contributed by atoms with Gasteiger partial charge in [-0.1, -0.05) is 12.2 Å². The van der Waals surface area contributed by atoms with E-state index in [9.17, 15) is 27.2 Å². The Morgan fingerprint density at radius 2 is 1.22 bits per heavy atom. The molecule has 0 aliphatic carbocycles. The lowest BCUT2D eigenvalue weighted by molar-refractivity contribution is 0.0335. The van der Waals surface area contributed by atoms with Gasteiger partial charge in [0.05, 0.1) is 35.7 Å². The van der Waals surface area contributed by atoms with E-state index in [4.69, 9.17) is 16.1 Å². The van der Waals surface area contributed by atoms with Gasteiger partial charge >= 0.3 is 0 Å². The minimum atomic E-state index is -1.14. The van der Waals surface area contributed by atoms with Crippen molar-refractivity contribution < 1.29 is 36.8 Å². The van der Waals surface area contributed by atoms with Crippen molar-refractivity contribution in [3.8, 4) is 12.3 Å². The molecule has 0 saturated carbocycles. The van der Waals surface area contributed by atoms with Crippen LogP contribution in [0.3, 0.4) is 0 Å². The zero-order chi connectivity index (χ0) is 36.8. The molecule has 8 nitrogen and oxygen atoms in total. The van der Waals surface area contributed by atoms with Crippen LogP contribution in [0.5, 0.6) is 0 Å². The molecule has 0 aliphatic rings. The molecule has 0 bridgehead atoms. The summed E-state index contributed by atoms with van der Waals surface area (Å²) in [5.41, 5.74) is 6.54. The smallest absolute Gasteiger partial charge is 0.277 e. The second-order valence-electron chi connectivity index (χ2n) is 10.3. The van der Waals surface area contributed by atoms with Crippen molar-refractivity contribution in [2.45, 2.75) is 27.2 Å². The molecule has 4 N–H and O–H groups in total. The Labute approximate surface area is 314 Å². The maximum absolute atomic E-state index is 14.3. The number of benzene rings is 4. The van der Waals surface area contributed by atoms with Gasteiger partial charge in [0.1, 0.15) is 0 Å². The third kappa shape index (κ3) is 11.4. The molecule has 0 saturated heterocycles. The number of halogens is 6. The molecular formula is C36H32F4I2N4O4. The largest absolute Gasteiger partial charge is 0.352 e. The molecule has 2 amide bonds. The highest BCUT2D eigenvalue weighted by molar-refractivity contribution is 14.1. The number of rotatable bonds is 12. The number of aryl methyl sites for hydroxylation is 2. The van der Waals surface area contributed by atoms with Crippen molar-refractivity contribution in [2.24, 2.45) is 0 Å². The summed E-state index contributed by atoms with van der Waals surface area (Å²) in [6.45, 7) is 5.76. The van der Waals surface area contributed by atoms with Crippen LogP contribution in [0.1, 0.15) is 45.2 Å². The maximum Gasteiger partial charge on any atom is 0.277 e. The highest BCUT2D eigenvalue weighted by atomic mass is 127. The number of anilines is 4. The van der Waals surface area contributed by atoms with Crippen LogP contribution in [-0.4, -0.2) is 25.0 Å². The van der Waals surface area contributed by atoms with Crippen LogP contribution < -0.4 is 21.6 Å². The van der Waals surface area contributed by atoms with E-state index in [2.05, 4.69) is 72.7 Å². The Hall–Kier alpha value is -4.18. The van der Waals surface area contributed by atoms with Crippen LogP contribution in [0, 0.1) is 56.6 Å². The van der Waals surface area contributed by atoms with Crippen LogP contribution in [0.4, 0.5) is 40.3 Å². The van der Waals surface area contributed by atoms with E-state index in [-0.39, 0.29) is 35.7 Å². The van der Waals surface area contributed by atoms with Crippen LogP contribution in [0.2, 0.25) is 0 Å². The maximum atomic E-state index is 14.3. The Bertz CT molecular complexity index is 1920. The van der Waals surface area contributed by atoms with Gasteiger partial charge in [-0.25, -0.2) is 28.5 Å². The summed E-state index contributed by atoms with van der Waals surface area (Å²) in [6, 6.07) is 15.1. The molecular weight excluding hydrogens is 882 g/mol. The van der Waals surface area contributed by atoms with Gasteiger partial charge in [-0.2, -0.15) is 0 Å². The molecule has 0 aliphatic heterocycles. The molecule has 262 valence electrons. The number of amides is 2. The summed E-state index contributed by atoms with van der Waals surface area (Å²) in [6.07, 6.45) is 8.85. The number of hydroxylamine groups is 2. The average molecular weight is 914 g/mol. The fourth-order valence-corrected chi connectivity index (χ4v) is 5.41. The number of hydrogen-bond acceptors (Lipinski definition) is 6. The Morgan fingerprint density at radius 1 is 0.760 bits per heavy atom. The lowest BCUT2D eigenvalue weighted by Gasteiger charge is -2.15. The molecule has 4 aromatic rings. The second kappa shape index (κ2) is 19.9. The molecule has 0 radical (unpaired) electrons. The van der Waals surface area contributed by atoms with Crippen molar-refractivity contribution in [3.05, 3.63) is 125 Å². The number of allylic oxidation sites excluding steroid dienone is 1. The van der Waals surface area contributed by atoms with E-state index in [1.807, 2.05) is 45.0 Å². The minimum Gasteiger partial charge on any atom is -0.352 e. The lowest BCUT2D eigenvalue weighted by Crippen LogP contribution is -2.25. The molecule has 0 heterocycles. The van der Waals surface area contributed by atoms with E-state index >= 15 is 0 Å². The third-order valence-electron chi connectivity index (χ3n) is 6.67. The lowest BCUT2D eigenvalue weighted by atomic mass is 10.1. The van der Waals surface area contributed by atoms with Gasteiger partial charge in [0.15, 0.2) is 23.3 Å². The normalized spacial score (nSPS) is 10.6. The number of hydrogen-bond donors (Lipinski definition) is 4. The summed E-state index contributed by atoms with van der Waals surface area (Å²) in [4.78, 5) is 34.3. The van der Waals surface area contributed by atoms with Gasteiger partial charge in [-0.3, -0.25) is 19.3 Å². The molecule has 50 heavy (non-hydrogen) atoms. The van der Waals surface area contributed by atoms with E-state index in [1.54, 1.807) is 24.3 Å². The van der Waals surface area contributed by atoms with E-state index in [1.165, 1.54) is 12.1 Å². The predicted molar refractivity (Wildman–Crippen MR) is 202 cm³/mol. The van der Waals surface area contributed by atoms with Gasteiger partial charge in [0, 0.05) is 24.9 Å². The zero-order valence-electron chi connectivity index (χ0n) is 27.0. The number of carbonyl (C=O) groups is 2. The quantitative estimate of drug-likeness (QED) is 0.0283. The third-order valence-corrected chi connectivity index (χ3v) is 8.01. The second-order valence-corrected chi connectivity index (χ2v) is 12.8. The summed E-state index contributed by atoms with van der Waals surface area (Å²) in [5.74, 6) is -3.40. The van der Waals surface area contributed by atoms with Crippen LogP contribution in [0.15, 0.2) is 72.8 Å². The first-order valence-electron chi connectivity index (χ1n) is 14.8. The number of carbonyl (C=O) groups excluding carboxylic acids is 2. The number of nitrogens with one attached hydrogen (secondary N) is 4.